The van der Waals surface area contributed by atoms with Crippen LogP contribution in [0.4, 0.5) is 5.69 Å². The van der Waals surface area contributed by atoms with E-state index >= 15 is 0 Å². The normalized spacial score (nSPS) is 10.5. The van der Waals surface area contributed by atoms with Gasteiger partial charge >= 0.3 is 0 Å². The number of H-pyrrole nitrogens is 1. The van der Waals surface area contributed by atoms with Crippen LogP contribution < -0.4 is 19.9 Å². The molecular weight excluding hydrogens is 320 g/mol. The smallest absolute Gasteiger partial charge is 0.203 e. The van der Waals surface area contributed by atoms with Crippen LogP contribution in [0.3, 0.4) is 0 Å². The van der Waals surface area contributed by atoms with Crippen molar-refractivity contribution >= 4 is 5.69 Å². The predicted molar refractivity (Wildman–Crippen MR) is 95.1 cm³/mol. The van der Waals surface area contributed by atoms with Crippen LogP contribution in [0.1, 0.15) is 11.4 Å². The Morgan fingerprint density at radius 3 is 2.16 bits per heavy atom. The molecule has 0 atom stereocenters. The maximum atomic E-state index is 5.71. The number of nitrogens with two attached hydrogens (primary N) is 1. The average molecular weight is 340 g/mol. The van der Waals surface area contributed by atoms with Gasteiger partial charge in [0.05, 0.1) is 21.3 Å². The molecule has 1 aromatic heterocycles. The van der Waals surface area contributed by atoms with E-state index in [9.17, 15) is 0 Å². The Hall–Kier alpha value is -3.22. The van der Waals surface area contributed by atoms with Crippen molar-refractivity contribution in [2.75, 3.05) is 27.1 Å². The topological polar surface area (TPSA) is 95.3 Å². The number of hydrogen-bond donors (Lipinski definition) is 2. The van der Waals surface area contributed by atoms with Crippen molar-refractivity contribution in [3.63, 3.8) is 0 Å². The summed E-state index contributed by atoms with van der Waals surface area (Å²) >= 11 is 0. The van der Waals surface area contributed by atoms with Gasteiger partial charge in [0.2, 0.25) is 5.75 Å². The van der Waals surface area contributed by atoms with Gasteiger partial charge in [-0.05, 0) is 29.8 Å². The summed E-state index contributed by atoms with van der Waals surface area (Å²) < 4.78 is 16.1. The summed E-state index contributed by atoms with van der Waals surface area (Å²) in [6.07, 6.45) is 0.637. The molecule has 1 heterocycles. The van der Waals surface area contributed by atoms with Crippen LogP contribution in [0, 0.1) is 0 Å². The Labute approximate surface area is 145 Å². The van der Waals surface area contributed by atoms with Crippen molar-refractivity contribution in [1.82, 2.24) is 15.2 Å². The molecule has 3 rings (SSSR count). The maximum Gasteiger partial charge on any atom is 0.203 e. The summed E-state index contributed by atoms with van der Waals surface area (Å²) in [6, 6.07) is 11.3. The van der Waals surface area contributed by atoms with Gasteiger partial charge in [0, 0.05) is 17.7 Å². The van der Waals surface area contributed by atoms with E-state index < -0.39 is 0 Å². The fourth-order valence-corrected chi connectivity index (χ4v) is 2.54. The standard InChI is InChI=1S/C18H20N4O3/c1-23-14-9-12(10-15(24-2)17(14)25-3)18-20-16(21-22-18)8-11-4-6-13(19)7-5-11/h4-7,9-10H,8,19H2,1-3H3,(H,20,21,22). The van der Waals surface area contributed by atoms with Gasteiger partial charge < -0.3 is 19.9 Å². The highest BCUT2D eigenvalue weighted by Crippen LogP contribution is 2.40. The lowest BCUT2D eigenvalue weighted by atomic mass is 10.1. The van der Waals surface area contributed by atoms with Crippen LogP contribution >= 0.6 is 0 Å². The molecule has 0 aliphatic carbocycles. The van der Waals surface area contributed by atoms with Crippen LogP contribution in [-0.4, -0.2) is 36.5 Å². The number of rotatable bonds is 6. The molecule has 0 spiro atoms. The fourth-order valence-electron chi connectivity index (χ4n) is 2.54. The number of hydrogen-bond acceptors (Lipinski definition) is 6. The lowest BCUT2D eigenvalue weighted by molar-refractivity contribution is 0.324. The number of ether oxygens (including phenoxy) is 3. The summed E-state index contributed by atoms with van der Waals surface area (Å²) in [4.78, 5) is 4.55. The number of nitrogens with zero attached hydrogens (tertiary/aromatic N) is 2. The number of anilines is 1. The van der Waals surface area contributed by atoms with E-state index in [1.807, 2.05) is 36.4 Å². The van der Waals surface area contributed by atoms with E-state index in [4.69, 9.17) is 19.9 Å². The third-order valence-electron chi connectivity index (χ3n) is 3.81. The minimum absolute atomic E-state index is 0.534. The van der Waals surface area contributed by atoms with Crippen molar-refractivity contribution in [1.29, 1.82) is 0 Å². The highest BCUT2D eigenvalue weighted by Gasteiger charge is 2.16. The summed E-state index contributed by atoms with van der Waals surface area (Å²) in [7, 11) is 4.72. The molecule has 0 saturated heterocycles. The highest BCUT2D eigenvalue weighted by molar-refractivity contribution is 5.66. The molecule has 0 aliphatic heterocycles. The molecule has 0 radical (unpaired) electrons. The Balaban J connectivity index is 1.90. The minimum Gasteiger partial charge on any atom is -0.493 e. The fraction of sp³-hybridized carbons (Fsp3) is 0.222. The number of nitrogens with one attached hydrogen (secondary N) is 1. The maximum absolute atomic E-state index is 5.71. The summed E-state index contributed by atoms with van der Waals surface area (Å²) in [6.45, 7) is 0. The van der Waals surface area contributed by atoms with Crippen molar-refractivity contribution in [3.05, 3.63) is 47.8 Å². The molecule has 7 nitrogen and oxygen atoms in total. The quantitative estimate of drug-likeness (QED) is 0.670. The predicted octanol–water partition coefficient (Wildman–Crippen LogP) is 2.67. The minimum atomic E-state index is 0.534. The second kappa shape index (κ2) is 7.12. The van der Waals surface area contributed by atoms with Crippen LogP contribution in [0.25, 0.3) is 11.4 Å². The van der Waals surface area contributed by atoms with Crippen molar-refractivity contribution < 1.29 is 14.2 Å². The van der Waals surface area contributed by atoms with Gasteiger partial charge in [0.15, 0.2) is 17.3 Å². The van der Waals surface area contributed by atoms with Gasteiger partial charge in [-0.2, -0.15) is 5.10 Å². The number of aromatic amines is 1. The summed E-state index contributed by atoms with van der Waals surface area (Å²) in [5.74, 6) is 2.97. The van der Waals surface area contributed by atoms with Gasteiger partial charge in [-0.15, -0.1) is 0 Å². The van der Waals surface area contributed by atoms with Gasteiger partial charge in [0.25, 0.3) is 0 Å². The second-order valence-corrected chi connectivity index (χ2v) is 5.44. The number of benzene rings is 2. The van der Waals surface area contributed by atoms with Crippen LogP contribution in [0.15, 0.2) is 36.4 Å². The lowest BCUT2D eigenvalue weighted by Crippen LogP contribution is -1.96. The van der Waals surface area contributed by atoms with E-state index in [0.717, 1.165) is 22.6 Å². The lowest BCUT2D eigenvalue weighted by Gasteiger charge is -2.12. The Morgan fingerprint density at radius 2 is 1.60 bits per heavy atom. The average Bonchev–Trinajstić information content (AvgIpc) is 3.10. The first-order valence-electron chi connectivity index (χ1n) is 7.70. The van der Waals surface area contributed by atoms with Crippen LogP contribution in [0.5, 0.6) is 17.2 Å². The summed E-state index contributed by atoms with van der Waals surface area (Å²) in [5, 5.41) is 7.26. The van der Waals surface area contributed by atoms with E-state index in [0.29, 0.717) is 29.5 Å². The van der Waals surface area contributed by atoms with E-state index in [2.05, 4.69) is 15.2 Å². The first kappa shape index (κ1) is 16.6. The molecular formula is C18H20N4O3. The van der Waals surface area contributed by atoms with E-state index in [1.165, 1.54) is 0 Å². The van der Waals surface area contributed by atoms with Gasteiger partial charge in [-0.25, -0.2) is 4.98 Å². The Kier molecular flexibility index (Phi) is 4.74. The molecule has 3 N–H and O–H groups in total. The van der Waals surface area contributed by atoms with Gasteiger partial charge in [-0.1, -0.05) is 12.1 Å². The van der Waals surface area contributed by atoms with E-state index in [-0.39, 0.29) is 0 Å². The molecule has 3 aromatic rings. The molecule has 0 saturated carbocycles. The molecule has 0 unspecified atom stereocenters. The molecule has 25 heavy (non-hydrogen) atoms. The molecule has 0 amide bonds. The molecule has 130 valence electrons. The van der Waals surface area contributed by atoms with Crippen molar-refractivity contribution in [2.45, 2.75) is 6.42 Å². The number of aromatic nitrogens is 3. The molecule has 0 bridgehead atoms. The van der Waals surface area contributed by atoms with Gasteiger partial charge in [-0.3, -0.25) is 5.10 Å². The molecule has 7 heteroatoms. The van der Waals surface area contributed by atoms with E-state index in [1.54, 1.807) is 21.3 Å². The SMILES string of the molecule is COc1cc(-c2n[nH]c(Cc3ccc(N)cc3)n2)cc(OC)c1OC. The number of nitrogen functional groups attached to an aromatic ring is 1. The Bertz CT molecular complexity index is 834. The van der Waals surface area contributed by atoms with Gasteiger partial charge in [0.1, 0.15) is 5.82 Å². The van der Waals surface area contributed by atoms with Crippen molar-refractivity contribution in [3.8, 4) is 28.6 Å². The second-order valence-electron chi connectivity index (χ2n) is 5.44. The largest absolute Gasteiger partial charge is 0.493 e. The van der Waals surface area contributed by atoms with Crippen LogP contribution in [-0.2, 0) is 6.42 Å². The first-order valence-corrected chi connectivity index (χ1v) is 7.70. The summed E-state index contributed by atoms with van der Waals surface area (Å²) in [5.41, 5.74) is 8.32. The highest BCUT2D eigenvalue weighted by atomic mass is 16.5. The molecule has 0 aliphatic rings. The molecule has 2 aromatic carbocycles. The third kappa shape index (κ3) is 3.50. The zero-order chi connectivity index (χ0) is 17.8. The van der Waals surface area contributed by atoms with Crippen molar-refractivity contribution in [2.24, 2.45) is 0 Å². The third-order valence-corrected chi connectivity index (χ3v) is 3.81. The zero-order valence-electron chi connectivity index (χ0n) is 14.4. The first-order chi connectivity index (χ1) is 12.1. The molecule has 0 fully saturated rings. The Morgan fingerprint density at radius 1 is 0.960 bits per heavy atom. The van der Waals surface area contributed by atoms with Crippen LogP contribution in [0.2, 0.25) is 0 Å². The zero-order valence-corrected chi connectivity index (χ0v) is 14.4. The monoisotopic (exact) mass is 340 g/mol. The number of methoxy groups -OCH3 is 3.